The van der Waals surface area contributed by atoms with Crippen molar-refractivity contribution in [1.29, 1.82) is 0 Å². The van der Waals surface area contributed by atoms with Gasteiger partial charge in [0.05, 0.1) is 0 Å². The molecular formula is C7H12NOSi. The lowest BCUT2D eigenvalue weighted by Gasteiger charge is -2.13. The van der Waals surface area contributed by atoms with Crippen molar-refractivity contribution in [3.8, 4) is 0 Å². The minimum atomic E-state index is 0.333. The lowest BCUT2D eigenvalue weighted by atomic mass is 10.4. The van der Waals surface area contributed by atoms with E-state index in [4.69, 9.17) is 0 Å². The molecule has 0 unspecified atom stereocenters. The predicted molar refractivity (Wildman–Crippen MR) is 41.0 cm³/mol. The Hall–Kier alpha value is -0.313. The van der Waals surface area contributed by atoms with Gasteiger partial charge in [-0.15, -0.1) is 0 Å². The fraction of sp³-hybridized carbons (Fsp3) is 0.857. The fourth-order valence-corrected chi connectivity index (χ4v) is 1.37. The van der Waals surface area contributed by atoms with Gasteiger partial charge in [-0.25, -0.2) is 0 Å². The van der Waals surface area contributed by atoms with E-state index in [1.807, 2.05) is 4.90 Å². The van der Waals surface area contributed by atoms with Gasteiger partial charge in [0.1, 0.15) is 0 Å². The molecule has 0 aromatic rings. The van der Waals surface area contributed by atoms with Crippen LogP contribution in [0.25, 0.3) is 0 Å². The minimum absolute atomic E-state index is 0.333. The molecule has 1 saturated heterocycles. The molecule has 1 amide bonds. The van der Waals surface area contributed by atoms with Gasteiger partial charge in [-0.2, -0.15) is 0 Å². The Bertz CT molecular complexity index is 127. The molecule has 3 heteroatoms. The van der Waals surface area contributed by atoms with Crippen molar-refractivity contribution in [3.05, 3.63) is 0 Å². The summed E-state index contributed by atoms with van der Waals surface area (Å²) in [6, 6.07) is 0.990. The summed E-state index contributed by atoms with van der Waals surface area (Å²) in [5.41, 5.74) is 0. The van der Waals surface area contributed by atoms with Gasteiger partial charge in [0.15, 0.2) is 0 Å². The number of hydrogen-bond acceptors (Lipinski definition) is 1. The van der Waals surface area contributed by atoms with Crippen LogP contribution in [0.1, 0.15) is 19.3 Å². The average molecular weight is 154 g/mol. The first-order valence-electron chi connectivity index (χ1n) is 3.77. The average Bonchev–Trinajstić information content (AvgIpc) is 2.31. The van der Waals surface area contributed by atoms with Crippen molar-refractivity contribution < 1.29 is 4.79 Å². The molecule has 0 spiro atoms. The molecule has 1 fully saturated rings. The molecule has 0 aromatic heterocycles. The summed E-state index contributed by atoms with van der Waals surface area (Å²) in [7, 11) is 3.38. The number of nitrogens with zero attached hydrogens (tertiary/aromatic N) is 1. The van der Waals surface area contributed by atoms with Gasteiger partial charge in [-0.05, 0) is 12.8 Å². The summed E-state index contributed by atoms with van der Waals surface area (Å²) < 4.78 is 0. The van der Waals surface area contributed by atoms with Crippen LogP contribution in [0.3, 0.4) is 0 Å². The first kappa shape index (κ1) is 7.79. The number of carbonyl (C=O) groups excluding carboxylic acids is 1. The zero-order valence-corrected chi connectivity index (χ0v) is 7.10. The molecule has 10 heavy (non-hydrogen) atoms. The molecule has 1 aliphatic heterocycles. The van der Waals surface area contributed by atoms with Crippen molar-refractivity contribution in [2.24, 2.45) is 0 Å². The van der Waals surface area contributed by atoms with Crippen LogP contribution in [-0.4, -0.2) is 34.1 Å². The van der Waals surface area contributed by atoms with Crippen LogP contribution < -0.4 is 0 Å². The van der Waals surface area contributed by atoms with Gasteiger partial charge < -0.3 is 4.90 Å². The molecule has 0 bridgehead atoms. The van der Waals surface area contributed by atoms with E-state index in [9.17, 15) is 4.79 Å². The lowest BCUT2D eigenvalue weighted by molar-refractivity contribution is -0.127. The Morgan fingerprint density at radius 1 is 1.60 bits per heavy atom. The zero-order valence-electron chi connectivity index (χ0n) is 6.10. The molecule has 55 valence electrons. The van der Waals surface area contributed by atoms with E-state index in [0.29, 0.717) is 5.91 Å². The second-order valence-electron chi connectivity index (χ2n) is 2.59. The SMILES string of the molecule is O=C1CCCN1CCC[Si]. The number of likely N-dealkylation sites (tertiary alicyclic amines) is 1. The van der Waals surface area contributed by atoms with Crippen molar-refractivity contribution in [2.75, 3.05) is 13.1 Å². The maximum atomic E-state index is 11.0. The fourth-order valence-electron chi connectivity index (χ4n) is 1.21. The Kier molecular flexibility index (Phi) is 2.93. The molecule has 1 heterocycles. The molecule has 1 aliphatic rings. The quantitative estimate of drug-likeness (QED) is 0.545. The third kappa shape index (κ3) is 1.83. The standard InChI is InChI=1S/C7H12NOSi/c9-7-3-1-4-8(7)5-2-6-10/h1-6H2. The highest BCUT2D eigenvalue weighted by Crippen LogP contribution is 2.09. The summed E-state index contributed by atoms with van der Waals surface area (Å²) >= 11 is 0. The van der Waals surface area contributed by atoms with Crippen molar-refractivity contribution in [2.45, 2.75) is 25.3 Å². The predicted octanol–water partition coefficient (Wildman–Crippen LogP) is 0.586. The Morgan fingerprint density at radius 2 is 2.40 bits per heavy atom. The van der Waals surface area contributed by atoms with E-state index in [1.54, 1.807) is 0 Å². The van der Waals surface area contributed by atoms with Gasteiger partial charge >= 0.3 is 0 Å². The number of hydrogen-bond donors (Lipinski definition) is 0. The van der Waals surface area contributed by atoms with Crippen LogP contribution in [0.5, 0.6) is 0 Å². The third-order valence-corrected chi connectivity index (χ3v) is 2.13. The molecule has 0 aromatic carbocycles. The van der Waals surface area contributed by atoms with Crippen molar-refractivity contribution in [3.63, 3.8) is 0 Å². The molecular weight excluding hydrogens is 142 g/mol. The second kappa shape index (κ2) is 3.76. The van der Waals surface area contributed by atoms with Gasteiger partial charge in [-0.3, -0.25) is 4.79 Å². The van der Waals surface area contributed by atoms with Gasteiger partial charge in [0.25, 0.3) is 0 Å². The van der Waals surface area contributed by atoms with Gasteiger partial charge in [0.2, 0.25) is 5.91 Å². The largest absolute Gasteiger partial charge is 0.343 e. The zero-order chi connectivity index (χ0) is 7.40. The highest BCUT2D eigenvalue weighted by atomic mass is 28.1. The number of rotatable bonds is 3. The molecule has 2 nitrogen and oxygen atoms in total. The van der Waals surface area contributed by atoms with E-state index >= 15 is 0 Å². The third-order valence-electron chi connectivity index (χ3n) is 1.78. The van der Waals surface area contributed by atoms with E-state index in [2.05, 4.69) is 10.2 Å². The first-order chi connectivity index (χ1) is 4.84. The highest BCUT2D eigenvalue weighted by molar-refractivity contribution is 6.08. The van der Waals surface area contributed by atoms with Gasteiger partial charge in [-0.1, -0.05) is 6.04 Å². The van der Waals surface area contributed by atoms with Crippen molar-refractivity contribution >= 4 is 16.1 Å². The maximum absolute atomic E-state index is 11.0. The van der Waals surface area contributed by atoms with Crippen LogP contribution in [0, 0.1) is 0 Å². The van der Waals surface area contributed by atoms with Gasteiger partial charge in [0, 0.05) is 29.8 Å². The van der Waals surface area contributed by atoms with E-state index in [1.165, 1.54) is 0 Å². The number of amides is 1. The Balaban J connectivity index is 2.20. The highest BCUT2D eigenvalue weighted by Gasteiger charge is 2.18. The van der Waals surface area contributed by atoms with E-state index < -0.39 is 0 Å². The van der Waals surface area contributed by atoms with E-state index in [-0.39, 0.29) is 0 Å². The first-order valence-corrected chi connectivity index (χ1v) is 4.47. The monoisotopic (exact) mass is 154 g/mol. The second-order valence-corrected chi connectivity index (χ2v) is 3.09. The lowest BCUT2D eigenvalue weighted by Crippen LogP contribution is -2.25. The minimum Gasteiger partial charge on any atom is -0.343 e. The van der Waals surface area contributed by atoms with Crippen molar-refractivity contribution in [1.82, 2.24) is 4.90 Å². The Labute approximate surface area is 65.0 Å². The molecule has 0 saturated carbocycles. The summed E-state index contributed by atoms with van der Waals surface area (Å²) in [5, 5.41) is 0. The van der Waals surface area contributed by atoms with E-state index in [0.717, 1.165) is 38.4 Å². The summed E-state index contributed by atoms with van der Waals surface area (Å²) in [6.45, 7) is 1.91. The number of carbonyl (C=O) groups is 1. The molecule has 0 atom stereocenters. The van der Waals surface area contributed by atoms with Crippen LogP contribution in [0.15, 0.2) is 0 Å². The topological polar surface area (TPSA) is 20.3 Å². The normalized spacial score (nSPS) is 18.5. The van der Waals surface area contributed by atoms with Crippen LogP contribution in [-0.2, 0) is 4.79 Å². The van der Waals surface area contributed by atoms with Crippen LogP contribution >= 0.6 is 0 Å². The van der Waals surface area contributed by atoms with Crippen LogP contribution in [0.2, 0.25) is 6.04 Å². The van der Waals surface area contributed by atoms with Crippen LogP contribution in [0.4, 0.5) is 0 Å². The summed E-state index contributed by atoms with van der Waals surface area (Å²) in [4.78, 5) is 12.9. The summed E-state index contributed by atoms with van der Waals surface area (Å²) in [5.74, 6) is 0.333. The molecule has 0 N–H and O–H groups in total. The maximum Gasteiger partial charge on any atom is 0.222 e. The molecule has 1 rings (SSSR count). The molecule has 0 aliphatic carbocycles. The molecule has 3 radical (unpaired) electrons. The Morgan fingerprint density at radius 3 is 2.90 bits per heavy atom. The smallest absolute Gasteiger partial charge is 0.222 e. The summed E-state index contributed by atoms with van der Waals surface area (Å²) in [6.07, 6.45) is 2.89.